The third-order valence-corrected chi connectivity index (χ3v) is 9.57. The molecule has 1 amide bonds. The fraction of sp³-hybridized carbons (Fsp3) is 0.324. The number of hydrogen-bond acceptors (Lipinski definition) is 5. The molecule has 0 bridgehead atoms. The molecule has 0 fully saturated rings. The molecule has 0 radical (unpaired) electrons. The Morgan fingerprint density at radius 1 is 0.958 bits per heavy atom. The van der Waals surface area contributed by atoms with Crippen molar-refractivity contribution in [1.29, 1.82) is 0 Å². The van der Waals surface area contributed by atoms with Crippen molar-refractivity contribution in [3.05, 3.63) is 133 Å². The van der Waals surface area contributed by atoms with Gasteiger partial charge in [0.15, 0.2) is 0 Å². The van der Waals surface area contributed by atoms with Crippen molar-refractivity contribution >= 4 is 17.7 Å². The number of benzene rings is 3. The first kappa shape index (κ1) is 31.5. The summed E-state index contributed by atoms with van der Waals surface area (Å²) in [6.07, 6.45) is -1.28. The van der Waals surface area contributed by atoms with Crippen molar-refractivity contribution in [3.63, 3.8) is 0 Å². The van der Waals surface area contributed by atoms with E-state index < -0.39 is 23.6 Å². The Morgan fingerprint density at radius 2 is 1.69 bits per heavy atom. The van der Waals surface area contributed by atoms with Gasteiger partial charge < -0.3 is 15.4 Å². The fourth-order valence-electron chi connectivity index (χ4n) is 7.24. The molecule has 3 heterocycles. The summed E-state index contributed by atoms with van der Waals surface area (Å²) in [4.78, 5) is 40.9. The molecular formula is C37H35F3N4O4. The smallest absolute Gasteiger partial charge is 0.416 e. The third kappa shape index (κ3) is 5.71. The lowest BCUT2D eigenvalue weighted by atomic mass is 9.81. The van der Waals surface area contributed by atoms with Gasteiger partial charge in [0, 0.05) is 24.4 Å². The number of esters is 1. The summed E-state index contributed by atoms with van der Waals surface area (Å²) in [5.41, 5.74) is 4.45. The van der Waals surface area contributed by atoms with Crippen LogP contribution >= 0.6 is 0 Å². The normalized spacial score (nSPS) is 18.2. The van der Waals surface area contributed by atoms with Crippen molar-refractivity contribution in [1.82, 2.24) is 14.7 Å². The maximum Gasteiger partial charge on any atom is 0.416 e. The van der Waals surface area contributed by atoms with E-state index in [1.165, 1.54) is 17.7 Å². The van der Waals surface area contributed by atoms with E-state index in [1.54, 1.807) is 35.9 Å². The van der Waals surface area contributed by atoms with Crippen LogP contribution in [0.3, 0.4) is 0 Å². The van der Waals surface area contributed by atoms with Crippen LogP contribution in [0.2, 0.25) is 0 Å². The van der Waals surface area contributed by atoms with E-state index in [0.717, 1.165) is 37.0 Å². The predicted molar refractivity (Wildman–Crippen MR) is 174 cm³/mol. The number of fused-ring (bicyclic) bond motifs is 4. The summed E-state index contributed by atoms with van der Waals surface area (Å²) in [5.74, 6) is -0.976. The van der Waals surface area contributed by atoms with E-state index in [9.17, 15) is 27.6 Å². The lowest BCUT2D eigenvalue weighted by molar-refractivity contribution is -0.139. The number of halogens is 3. The van der Waals surface area contributed by atoms with Crippen LogP contribution in [0.5, 0.6) is 0 Å². The standard InChI is InChI=1S/C37H35F3N4O4/c1-2-48-36(47)31-29(18-10-22-8-16-26(17-9-22)37(38,39)40)41-33-32(35(46)44-21-5-20-43(33)44)30(31)24-11-13-25(14-12-24)34(45)42-28-19-15-23-6-3-4-7-27(23)28/h3-4,6-9,11-14,16-17,28,30,41H,2,5,10,15,18-21H2,1H3,(H,42,45)/t28-,30?/m1/s1. The van der Waals surface area contributed by atoms with Gasteiger partial charge in [0.05, 0.1) is 35.3 Å². The van der Waals surface area contributed by atoms with Gasteiger partial charge in [0.1, 0.15) is 5.82 Å². The van der Waals surface area contributed by atoms with Gasteiger partial charge in [-0.3, -0.25) is 14.3 Å². The SMILES string of the molecule is CCOC(=O)C1=C(CCc2ccc(C(F)(F)F)cc2)Nc2c(c(=O)n3n2CCC3)C1c1ccc(C(=O)N[C@@H]2CCc3ccccc32)cc1. The van der Waals surface area contributed by atoms with Crippen molar-refractivity contribution < 1.29 is 27.5 Å². The van der Waals surface area contributed by atoms with Gasteiger partial charge in [-0.1, -0.05) is 48.5 Å². The molecule has 0 saturated heterocycles. The molecule has 0 saturated carbocycles. The van der Waals surface area contributed by atoms with E-state index in [1.807, 2.05) is 22.9 Å². The molecule has 2 atom stereocenters. The van der Waals surface area contributed by atoms with E-state index in [-0.39, 0.29) is 36.1 Å². The highest BCUT2D eigenvalue weighted by molar-refractivity contribution is 5.96. The molecule has 48 heavy (non-hydrogen) atoms. The first-order valence-corrected chi connectivity index (χ1v) is 16.3. The number of ether oxygens (including phenoxy) is 1. The van der Waals surface area contributed by atoms with Gasteiger partial charge in [-0.05, 0) is 85.5 Å². The monoisotopic (exact) mass is 656 g/mol. The van der Waals surface area contributed by atoms with Crippen LogP contribution < -0.4 is 16.2 Å². The molecule has 3 aliphatic rings. The van der Waals surface area contributed by atoms with Crippen molar-refractivity contribution in [2.45, 2.75) is 70.3 Å². The maximum absolute atomic E-state index is 13.9. The number of anilines is 1. The molecule has 3 aromatic carbocycles. The van der Waals surface area contributed by atoms with Crippen LogP contribution in [0.1, 0.15) is 81.9 Å². The second kappa shape index (κ2) is 12.5. The topological polar surface area (TPSA) is 94.4 Å². The Bertz CT molecular complexity index is 1970. The summed E-state index contributed by atoms with van der Waals surface area (Å²) in [7, 11) is 0. The highest BCUT2D eigenvalue weighted by Gasteiger charge is 2.40. The Hall–Kier alpha value is -5.06. The minimum absolute atomic E-state index is 0.0743. The number of amides is 1. The average Bonchev–Trinajstić information content (AvgIpc) is 3.80. The molecule has 7 rings (SSSR count). The summed E-state index contributed by atoms with van der Waals surface area (Å²) in [5, 5.41) is 6.51. The molecule has 0 spiro atoms. The number of aromatic nitrogens is 2. The quantitative estimate of drug-likeness (QED) is 0.211. The minimum Gasteiger partial charge on any atom is -0.463 e. The van der Waals surface area contributed by atoms with Gasteiger partial charge in [-0.2, -0.15) is 13.2 Å². The fourth-order valence-corrected chi connectivity index (χ4v) is 7.24. The molecule has 1 aromatic heterocycles. The number of carbonyl (C=O) groups excluding carboxylic acids is 2. The van der Waals surface area contributed by atoms with Crippen molar-refractivity contribution in [2.24, 2.45) is 0 Å². The molecule has 248 valence electrons. The Kier molecular flexibility index (Phi) is 8.22. The van der Waals surface area contributed by atoms with E-state index in [4.69, 9.17) is 4.74 Å². The van der Waals surface area contributed by atoms with E-state index in [2.05, 4.69) is 16.7 Å². The second-order valence-electron chi connectivity index (χ2n) is 12.4. The maximum atomic E-state index is 13.9. The number of nitrogens with one attached hydrogen (secondary N) is 2. The number of aryl methyl sites for hydroxylation is 2. The van der Waals surface area contributed by atoms with Crippen LogP contribution in [0.4, 0.5) is 19.0 Å². The van der Waals surface area contributed by atoms with Crippen molar-refractivity contribution in [2.75, 3.05) is 11.9 Å². The zero-order valence-electron chi connectivity index (χ0n) is 26.4. The number of rotatable bonds is 8. The van der Waals surface area contributed by atoms with Gasteiger partial charge in [-0.15, -0.1) is 0 Å². The molecule has 4 aromatic rings. The van der Waals surface area contributed by atoms with Crippen LogP contribution in [-0.2, 0) is 41.6 Å². The highest BCUT2D eigenvalue weighted by Crippen LogP contribution is 2.43. The molecule has 1 aliphatic carbocycles. The lowest BCUT2D eigenvalue weighted by Crippen LogP contribution is -2.30. The minimum atomic E-state index is -4.44. The number of nitrogens with zero attached hydrogens (tertiary/aromatic N) is 2. The van der Waals surface area contributed by atoms with Gasteiger partial charge in [-0.25, -0.2) is 9.48 Å². The van der Waals surface area contributed by atoms with E-state index >= 15 is 0 Å². The zero-order valence-corrected chi connectivity index (χ0v) is 26.4. The van der Waals surface area contributed by atoms with Gasteiger partial charge >= 0.3 is 12.1 Å². The first-order valence-electron chi connectivity index (χ1n) is 16.3. The number of allylic oxidation sites excluding steroid dienone is 1. The molecule has 1 unspecified atom stereocenters. The Balaban J connectivity index is 1.23. The highest BCUT2D eigenvalue weighted by atomic mass is 19.4. The number of alkyl halides is 3. The zero-order chi connectivity index (χ0) is 33.6. The lowest BCUT2D eigenvalue weighted by Gasteiger charge is -2.29. The van der Waals surface area contributed by atoms with Crippen LogP contribution in [0, 0.1) is 0 Å². The Labute approximate surface area is 275 Å². The number of carbonyl (C=O) groups is 2. The molecule has 2 N–H and O–H groups in total. The van der Waals surface area contributed by atoms with Gasteiger partial charge in [0.25, 0.3) is 11.5 Å². The molecule has 11 heteroatoms. The third-order valence-electron chi connectivity index (χ3n) is 9.57. The van der Waals surface area contributed by atoms with Crippen LogP contribution in [0.15, 0.2) is 88.9 Å². The average molecular weight is 657 g/mol. The molecule has 2 aliphatic heterocycles. The van der Waals surface area contributed by atoms with E-state index in [0.29, 0.717) is 53.3 Å². The van der Waals surface area contributed by atoms with Crippen molar-refractivity contribution in [3.8, 4) is 0 Å². The summed E-state index contributed by atoms with van der Waals surface area (Å²) >= 11 is 0. The van der Waals surface area contributed by atoms with Crippen LogP contribution in [-0.4, -0.2) is 27.8 Å². The second-order valence-corrected chi connectivity index (χ2v) is 12.4. The number of hydrogen-bond donors (Lipinski definition) is 2. The summed E-state index contributed by atoms with van der Waals surface area (Å²) in [6.45, 7) is 2.98. The first-order chi connectivity index (χ1) is 23.1. The Morgan fingerprint density at radius 3 is 2.42 bits per heavy atom. The summed E-state index contributed by atoms with van der Waals surface area (Å²) in [6, 6.07) is 20.0. The molecular weight excluding hydrogens is 621 g/mol. The predicted octanol–water partition coefficient (Wildman–Crippen LogP) is 6.50. The van der Waals surface area contributed by atoms with Gasteiger partial charge in [0.2, 0.25) is 0 Å². The largest absolute Gasteiger partial charge is 0.463 e. The van der Waals surface area contributed by atoms with Crippen LogP contribution in [0.25, 0.3) is 0 Å². The summed E-state index contributed by atoms with van der Waals surface area (Å²) < 4.78 is 48.6. The molecule has 8 nitrogen and oxygen atoms in total.